The summed E-state index contributed by atoms with van der Waals surface area (Å²) in [5.41, 5.74) is 3.38. The zero-order valence-corrected chi connectivity index (χ0v) is 13.0. The van der Waals surface area contributed by atoms with Crippen LogP contribution in [0.15, 0.2) is 65.3 Å². The molecule has 5 nitrogen and oxygen atoms in total. The van der Waals surface area contributed by atoms with Crippen molar-refractivity contribution in [2.75, 3.05) is 0 Å². The second-order valence-corrected chi connectivity index (χ2v) is 5.08. The zero-order chi connectivity index (χ0) is 16.8. The molecule has 0 aromatic heterocycles. The predicted molar refractivity (Wildman–Crippen MR) is 89.2 cm³/mol. The van der Waals surface area contributed by atoms with Crippen molar-refractivity contribution in [1.29, 1.82) is 0 Å². The number of azo groups is 1. The molecule has 0 unspecified atom stereocenters. The third-order valence-electron chi connectivity index (χ3n) is 3.13. The van der Waals surface area contributed by atoms with Gasteiger partial charge in [-0.3, -0.25) is 14.9 Å². The highest BCUT2D eigenvalue weighted by molar-refractivity contribution is 6.10. The molecule has 5 heteroatoms. The van der Waals surface area contributed by atoms with Crippen LogP contribution in [0.1, 0.15) is 21.5 Å². The number of carbonyl (C=O) groups excluding carboxylic acids is 2. The number of benzene rings is 2. The molecule has 0 saturated carbocycles. The molecule has 2 amide bonds. The van der Waals surface area contributed by atoms with Gasteiger partial charge in [-0.05, 0) is 44.2 Å². The highest BCUT2D eigenvalue weighted by Gasteiger charge is 2.13. The largest absolute Gasteiger partial charge is 0.289 e. The van der Waals surface area contributed by atoms with Gasteiger partial charge in [0, 0.05) is 0 Å². The second kappa shape index (κ2) is 7.26. The maximum atomic E-state index is 12.2. The molecular weight excluding hydrogens is 290 g/mol. The average Bonchev–Trinajstić information content (AvgIpc) is 2.55. The zero-order valence-electron chi connectivity index (χ0n) is 13.0. The van der Waals surface area contributed by atoms with Crippen LogP contribution >= 0.6 is 0 Å². The summed E-state index contributed by atoms with van der Waals surface area (Å²) in [7, 11) is 0. The molecule has 2 rings (SSSR count). The Labute approximate surface area is 134 Å². The number of carbonyl (C=O) groups is 2. The molecule has 0 aliphatic carbocycles. The van der Waals surface area contributed by atoms with Gasteiger partial charge in [0.15, 0.2) is 0 Å². The summed E-state index contributed by atoms with van der Waals surface area (Å²) in [5, 5.41) is 10.5. The molecule has 23 heavy (non-hydrogen) atoms. The van der Waals surface area contributed by atoms with Crippen LogP contribution in [-0.2, 0) is 4.79 Å². The van der Waals surface area contributed by atoms with Crippen molar-refractivity contribution in [3.8, 4) is 0 Å². The maximum absolute atomic E-state index is 12.2. The van der Waals surface area contributed by atoms with Crippen LogP contribution in [0.3, 0.4) is 0 Å². The molecule has 0 spiro atoms. The van der Waals surface area contributed by atoms with E-state index in [4.69, 9.17) is 0 Å². The molecular formula is C18H17N3O2. The lowest BCUT2D eigenvalue weighted by Crippen LogP contribution is -2.28. The number of aryl methyl sites for hydroxylation is 2. The van der Waals surface area contributed by atoms with Crippen LogP contribution in [0.4, 0.5) is 11.4 Å². The van der Waals surface area contributed by atoms with Gasteiger partial charge in [-0.1, -0.05) is 35.9 Å². The summed E-state index contributed by atoms with van der Waals surface area (Å²) in [5.74, 6) is -1.09. The van der Waals surface area contributed by atoms with Gasteiger partial charge in [-0.25, -0.2) is 0 Å². The minimum absolute atomic E-state index is 0.288. The van der Waals surface area contributed by atoms with Crippen molar-refractivity contribution in [3.63, 3.8) is 0 Å². The van der Waals surface area contributed by atoms with Crippen molar-refractivity contribution in [1.82, 2.24) is 5.32 Å². The first-order valence-electron chi connectivity index (χ1n) is 7.06. The Balaban J connectivity index is 2.31. The van der Waals surface area contributed by atoms with E-state index in [0.717, 1.165) is 17.2 Å². The number of amides is 2. The van der Waals surface area contributed by atoms with Gasteiger partial charge in [0.1, 0.15) is 0 Å². The summed E-state index contributed by atoms with van der Waals surface area (Å²) >= 11 is 0. The predicted octanol–water partition coefficient (Wildman–Crippen LogP) is 4.16. The Kier molecular flexibility index (Phi) is 5.15. The number of hydrogen-bond donors (Lipinski definition) is 1. The van der Waals surface area contributed by atoms with Crippen molar-refractivity contribution in [2.45, 2.75) is 13.8 Å². The molecule has 2 aromatic rings. The van der Waals surface area contributed by atoms with E-state index in [1.165, 1.54) is 0 Å². The molecule has 0 heterocycles. The topological polar surface area (TPSA) is 70.9 Å². The Bertz CT molecular complexity index is 777. The first-order valence-corrected chi connectivity index (χ1v) is 7.06. The van der Waals surface area contributed by atoms with E-state index in [1.807, 2.05) is 44.2 Å². The lowest BCUT2D eigenvalue weighted by molar-refractivity contribution is -0.115. The number of nitrogens with zero attached hydrogens (tertiary/aromatic N) is 2. The van der Waals surface area contributed by atoms with E-state index in [9.17, 15) is 9.59 Å². The number of rotatable bonds is 4. The van der Waals surface area contributed by atoms with Gasteiger partial charge in [-0.2, -0.15) is 5.11 Å². The van der Waals surface area contributed by atoms with Gasteiger partial charge in [0.25, 0.3) is 5.91 Å². The smallest absolute Gasteiger partial charge is 0.260 e. The quantitative estimate of drug-likeness (QED) is 0.680. The monoisotopic (exact) mass is 307 g/mol. The van der Waals surface area contributed by atoms with Crippen LogP contribution in [-0.4, -0.2) is 11.8 Å². The highest BCUT2D eigenvalue weighted by atomic mass is 16.2. The third kappa shape index (κ3) is 4.44. The van der Waals surface area contributed by atoms with Crippen LogP contribution < -0.4 is 5.32 Å². The second-order valence-electron chi connectivity index (χ2n) is 5.08. The average molecular weight is 307 g/mol. The fourth-order valence-corrected chi connectivity index (χ4v) is 1.87. The van der Waals surface area contributed by atoms with E-state index >= 15 is 0 Å². The van der Waals surface area contributed by atoms with Gasteiger partial charge < -0.3 is 0 Å². The molecule has 0 fully saturated rings. The number of hydrogen-bond acceptors (Lipinski definition) is 4. The number of nitrogens with one attached hydrogen (secondary N) is 1. The van der Waals surface area contributed by atoms with Crippen molar-refractivity contribution >= 4 is 23.2 Å². The van der Waals surface area contributed by atoms with Gasteiger partial charge in [-0.15, -0.1) is 5.11 Å². The van der Waals surface area contributed by atoms with Gasteiger partial charge >= 0.3 is 0 Å². The van der Waals surface area contributed by atoms with Crippen LogP contribution in [0, 0.1) is 13.8 Å². The molecule has 1 N–H and O–H groups in total. The minimum atomic E-state index is -0.557. The lowest BCUT2D eigenvalue weighted by atomic mass is 10.1. The van der Waals surface area contributed by atoms with Crippen molar-refractivity contribution in [3.05, 3.63) is 71.8 Å². The molecule has 0 aliphatic rings. The van der Waals surface area contributed by atoms with Crippen LogP contribution in [0.5, 0.6) is 0 Å². The first kappa shape index (κ1) is 16.3. The van der Waals surface area contributed by atoms with E-state index in [0.29, 0.717) is 11.4 Å². The molecule has 0 saturated heterocycles. The maximum Gasteiger partial charge on any atom is 0.260 e. The summed E-state index contributed by atoms with van der Waals surface area (Å²) in [6.45, 7) is 7.16. The van der Waals surface area contributed by atoms with E-state index in [2.05, 4.69) is 22.1 Å². The summed E-state index contributed by atoms with van der Waals surface area (Å²) < 4.78 is 0. The standard InChI is InChI=1S/C18H17N3O2/c1-4-17(22)19-18(23)15-11-13(3)7-10-16(15)21-20-14-8-5-12(2)6-9-14/h4-11H,1H2,2-3H3,(H,19,22,23). The van der Waals surface area contributed by atoms with E-state index < -0.39 is 11.8 Å². The van der Waals surface area contributed by atoms with Gasteiger partial charge in [0.05, 0.1) is 16.9 Å². The van der Waals surface area contributed by atoms with E-state index in [-0.39, 0.29) is 5.56 Å². The molecule has 0 radical (unpaired) electrons. The SMILES string of the molecule is C=CC(=O)NC(=O)c1cc(C)ccc1N=Nc1ccc(C)cc1. The Morgan fingerprint density at radius 2 is 1.65 bits per heavy atom. The molecule has 0 atom stereocenters. The third-order valence-corrected chi connectivity index (χ3v) is 3.13. The van der Waals surface area contributed by atoms with Gasteiger partial charge in [0.2, 0.25) is 5.91 Å². The fraction of sp³-hybridized carbons (Fsp3) is 0.111. The number of imide groups is 1. The normalized spacial score (nSPS) is 10.5. The Hall–Kier alpha value is -3.08. The van der Waals surface area contributed by atoms with E-state index in [1.54, 1.807) is 12.1 Å². The summed E-state index contributed by atoms with van der Waals surface area (Å²) in [6.07, 6.45) is 1.04. The Morgan fingerprint density at radius 3 is 2.30 bits per heavy atom. The first-order chi connectivity index (χ1) is 11.0. The lowest BCUT2D eigenvalue weighted by Gasteiger charge is -2.06. The molecule has 2 aromatic carbocycles. The Morgan fingerprint density at radius 1 is 1.00 bits per heavy atom. The fourth-order valence-electron chi connectivity index (χ4n) is 1.87. The summed E-state index contributed by atoms with van der Waals surface area (Å²) in [4.78, 5) is 23.5. The summed E-state index contributed by atoms with van der Waals surface area (Å²) in [6, 6.07) is 12.7. The van der Waals surface area contributed by atoms with Crippen molar-refractivity contribution < 1.29 is 9.59 Å². The van der Waals surface area contributed by atoms with Crippen LogP contribution in [0.25, 0.3) is 0 Å². The minimum Gasteiger partial charge on any atom is -0.289 e. The molecule has 116 valence electrons. The molecule has 0 bridgehead atoms. The van der Waals surface area contributed by atoms with Crippen molar-refractivity contribution in [2.24, 2.45) is 10.2 Å². The highest BCUT2D eigenvalue weighted by Crippen LogP contribution is 2.24. The molecule has 0 aliphatic heterocycles. The van der Waals surface area contributed by atoms with Crippen LogP contribution in [0.2, 0.25) is 0 Å².